The van der Waals surface area contributed by atoms with Gasteiger partial charge in [-0.1, -0.05) is 158 Å². The van der Waals surface area contributed by atoms with Gasteiger partial charge in [-0.3, -0.25) is 0 Å². The Bertz CT molecular complexity index is 4830. The van der Waals surface area contributed by atoms with Gasteiger partial charge in [-0.25, -0.2) is 15.0 Å². The summed E-state index contributed by atoms with van der Waals surface area (Å²) in [5, 5.41) is 16.2. The highest BCUT2D eigenvalue weighted by molar-refractivity contribution is 7.25. The minimum Gasteiger partial charge on any atom is -0.455 e. The van der Waals surface area contributed by atoms with Crippen molar-refractivity contribution in [3.63, 3.8) is 0 Å². The van der Waals surface area contributed by atoms with Gasteiger partial charge in [-0.15, -0.1) is 11.3 Å². The van der Waals surface area contributed by atoms with Crippen LogP contribution in [0, 0.1) is 12.1 Å². The molecule has 338 valence electrons. The van der Waals surface area contributed by atoms with Crippen LogP contribution in [0.4, 0.5) is 0 Å². The number of hydrogen-bond acceptors (Lipinski definition) is 5. The van der Waals surface area contributed by atoms with E-state index in [1.807, 2.05) is 6.07 Å². The molecule has 4 nitrogen and oxygen atoms in total. The SMILES string of the molecule is c1c2ccccc2c2ccc(-c3nc(-c4ccc5c(c4)sc4ccccc45)nc(-c4cc(C5CCc6cc7ccccc7cc6-c6cc7ccccc7cc65)cc5c4oc4ccc6ccccc6c45)n3)cc2c#1. The van der Waals surface area contributed by atoms with Gasteiger partial charge in [-0.2, -0.15) is 0 Å². The fourth-order valence-electron chi connectivity index (χ4n) is 12.0. The number of thiophene rings is 1. The highest BCUT2D eigenvalue weighted by atomic mass is 32.1. The molecular weight excluding hydrogens is 907 g/mol. The Balaban J connectivity index is 0.969. The third kappa shape index (κ3) is 6.37. The second-order valence-electron chi connectivity index (χ2n) is 19.6. The predicted octanol–water partition coefficient (Wildman–Crippen LogP) is 18.3. The fraction of sp³-hybridized carbons (Fsp3) is 0.0441. The molecule has 3 aromatic heterocycles. The van der Waals surface area contributed by atoms with E-state index >= 15 is 0 Å². The van der Waals surface area contributed by atoms with E-state index in [0.717, 1.165) is 83.8 Å². The van der Waals surface area contributed by atoms with Gasteiger partial charge >= 0.3 is 0 Å². The van der Waals surface area contributed by atoms with Crippen LogP contribution >= 0.6 is 11.3 Å². The van der Waals surface area contributed by atoms with Crippen molar-refractivity contribution >= 4 is 107 Å². The summed E-state index contributed by atoms with van der Waals surface area (Å²) in [6.45, 7) is 0. The number of aryl methyl sites for hydroxylation is 1. The zero-order valence-corrected chi connectivity index (χ0v) is 40.1. The largest absolute Gasteiger partial charge is 0.455 e. The maximum atomic E-state index is 7.11. The van der Waals surface area contributed by atoms with Crippen molar-refractivity contribution in [2.75, 3.05) is 0 Å². The summed E-state index contributed by atoms with van der Waals surface area (Å²) in [5.74, 6) is 1.77. The maximum absolute atomic E-state index is 7.11. The summed E-state index contributed by atoms with van der Waals surface area (Å²) in [6, 6.07) is 81.8. The van der Waals surface area contributed by atoms with Crippen molar-refractivity contribution in [3.05, 3.63) is 235 Å². The minimum absolute atomic E-state index is 0.0384. The average Bonchev–Trinajstić information content (AvgIpc) is 3.98. The Kier molecular flexibility index (Phi) is 8.68. The van der Waals surface area contributed by atoms with Gasteiger partial charge in [0, 0.05) is 58.8 Å². The zero-order valence-electron chi connectivity index (χ0n) is 39.3. The molecule has 0 bridgehead atoms. The van der Waals surface area contributed by atoms with Gasteiger partial charge in [0.25, 0.3) is 0 Å². The van der Waals surface area contributed by atoms with E-state index in [2.05, 4.69) is 212 Å². The van der Waals surface area contributed by atoms with Crippen molar-refractivity contribution in [2.24, 2.45) is 0 Å². The number of aromatic nitrogens is 3. The van der Waals surface area contributed by atoms with E-state index in [0.29, 0.717) is 17.5 Å². The molecule has 12 aromatic carbocycles. The summed E-state index contributed by atoms with van der Waals surface area (Å²) >= 11 is 1.80. The average molecular weight is 946 g/mol. The van der Waals surface area contributed by atoms with Crippen molar-refractivity contribution in [2.45, 2.75) is 18.8 Å². The lowest BCUT2D eigenvalue weighted by Gasteiger charge is -2.21. The smallest absolute Gasteiger partial charge is 0.167 e. The van der Waals surface area contributed by atoms with Crippen LogP contribution in [-0.4, -0.2) is 15.0 Å². The Morgan fingerprint density at radius 3 is 1.86 bits per heavy atom. The molecule has 0 fully saturated rings. The molecule has 0 spiro atoms. The first kappa shape index (κ1) is 40.5. The molecule has 5 heteroatoms. The molecule has 0 amide bonds. The molecule has 0 aliphatic heterocycles. The van der Waals surface area contributed by atoms with Crippen LogP contribution in [0.5, 0.6) is 0 Å². The monoisotopic (exact) mass is 945 g/mol. The van der Waals surface area contributed by atoms with Crippen LogP contribution < -0.4 is 0 Å². The summed E-state index contributed by atoms with van der Waals surface area (Å²) in [7, 11) is 0. The quantitative estimate of drug-likeness (QED) is 0.176. The minimum atomic E-state index is 0.0384. The third-order valence-corrected chi connectivity index (χ3v) is 16.6. The zero-order chi connectivity index (χ0) is 47.7. The Hall–Kier alpha value is -9.21. The Morgan fingerprint density at radius 2 is 1.04 bits per heavy atom. The molecule has 0 N–H and O–H groups in total. The van der Waals surface area contributed by atoms with Gasteiger partial charge < -0.3 is 4.42 Å². The standard InChI is InChI=1S/C68H39N3OS/c1-2-14-42-33-56-46(31-41(42)13-1)23-27-52(57-34-43-15-3-4-16-44(43)35-58(56)57)49-36-59-64-53-18-8-6-12-40(53)26-30-61(64)72-65(59)60(37-49)68-70-66(47-24-28-51-45(32-47)22-21-39-11-5-7-17-50(39)51)69-67(71-68)48-25-29-55-54-19-9-10-20-62(54)73-63(55)38-48/h1-20,24-26,28-38,52H,23,27H2. The predicted molar refractivity (Wildman–Crippen MR) is 304 cm³/mol. The van der Waals surface area contributed by atoms with Crippen molar-refractivity contribution in [3.8, 4) is 45.3 Å². The second kappa shape index (κ2) is 15.6. The van der Waals surface area contributed by atoms with Gasteiger partial charge in [-0.05, 0) is 144 Å². The molecule has 1 aliphatic rings. The van der Waals surface area contributed by atoms with Gasteiger partial charge in [0.2, 0.25) is 0 Å². The highest BCUT2D eigenvalue weighted by Gasteiger charge is 2.28. The lowest BCUT2D eigenvalue weighted by atomic mass is 9.83. The van der Waals surface area contributed by atoms with E-state index in [1.54, 1.807) is 11.3 Å². The molecule has 3 heterocycles. The van der Waals surface area contributed by atoms with Gasteiger partial charge in [0.1, 0.15) is 11.2 Å². The number of fused-ring (bicyclic) bond motifs is 16. The first-order valence-corrected chi connectivity index (χ1v) is 25.8. The second-order valence-corrected chi connectivity index (χ2v) is 20.7. The van der Waals surface area contributed by atoms with Gasteiger partial charge in [0.15, 0.2) is 17.5 Å². The van der Waals surface area contributed by atoms with Crippen LogP contribution in [0.15, 0.2) is 211 Å². The molecule has 0 saturated carbocycles. The molecular formula is C68H39N3OS. The summed E-state index contributed by atoms with van der Waals surface area (Å²) in [5.41, 5.74) is 10.7. The topological polar surface area (TPSA) is 51.8 Å². The lowest BCUT2D eigenvalue weighted by molar-refractivity contribution is 0.669. The third-order valence-electron chi connectivity index (χ3n) is 15.5. The molecule has 0 radical (unpaired) electrons. The summed E-state index contributed by atoms with van der Waals surface area (Å²) in [6.07, 6.45) is 1.84. The van der Waals surface area contributed by atoms with Crippen molar-refractivity contribution < 1.29 is 4.42 Å². The maximum Gasteiger partial charge on any atom is 0.167 e. The molecule has 1 atom stereocenters. The van der Waals surface area contributed by atoms with E-state index in [1.165, 1.54) is 69.5 Å². The van der Waals surface area contributed by atoms with Gasteiger partial charge in [0.05, 0.1) is 5.56 Å². The van der Waals surface area contributed by atoms with Crippen LogP contribution in [-0.2, 0) is 6.42 Å². The summed E-state index contributed by atoms with van der Waals surface area (Å²) < 4.78 is 9.55. The van der Waals surface area contributed by atoms with E-state index < -0.39 is 0 Å². The van der Waals surface area contributed by atoms with Crippen molar-refractivity contribution in [1.82, 2.24) is 15.0 Å². The van der Waals surface area contributed by atoms with E-state index in [-0.39, 0.29) is 5.92 Å². The van der Waals surface area contributed by atoms with Crippen LogP contribution in [0.3, 0.4) is 0 Å². The molecule has 15 aromatic rings. The molecule has 1 aliphatic carbocycles. The lowest BCUT2D eigenvalue weighted by Crippen LogP contribution is -2.05. The summed E-state index contributed by atoms with van der Waals surface area (Å²) in [4.78, 5) is 16.4. The first-order chi connectivity index (χ1) is 36.1. The number of hydrogen-bond donors (Lipinski definition) is 0. The molecule has 73 heavy (non-hydrogen) atoms. The van der Waals surface area contributed by atoms with Crippen molar-refractivity contribution in [1.29, 1.82) is 0 Å². The number of rotatable bonds is 4. The first-order valence-electron chi connectivity index (χ1n) is 25.0. The van der Waals surface area contributed by atoms with Crippen LogP contribution in [0.2, 0.25) is 0 Å². The Morgan fingerprint density at radius 1 is 0.425 bits per heavy atom. The number of benzene rings is 11. The van der Waals surface area contributed by atoms with Crippen LogP contribution in [0.25, 0.3) is 141 Å². The van der Waals surface area contributed by atoms with Crippen LogP contribution in [0.1, 0.15) is 29.0 Å². The van der Waals surface area contributed by atoms with E-state index in [9.17, 15) is 0 Å². The van der Waals surface area contributed by atoms with E-state index in [4.69, 9.17) is 19.4 Å². The normalized spacial score (nSPS) is 13.7. The molecule has 0 saturated heterocycles. The number of furan rings is 1. The highest BCUT2D eigenvalue weighted by Crippen LogP contribution is 2.48. The Labute approximate surface area is 423 Å². The molecule has 16 rings (SSSR count). The molecule has 1 unspecified atom stereocenters. The fourth-order valence-corrected chi connectivity index (χ4v) is 13.1. The number of nitrogens with zero attached hydrogens (tertiary/aromatic N) is 3.